The van der Waals surface area contributed by atoms with E-state index < -0.39 is 0 Å². The molecule has 2 saturated heterocycles. The predicted octanol–water partition coefficient (Wildman–Crippen LogP) is 3.72. The van der Waals surface area contributed by atoms with Crippen LogP contribution in [0.1, 0.15) is 58.6 Å². The van der Waals surface area contributed by atoms with Crippen molar-refractivity contribution in [2.75, 3.05) is 0 Å². The molecule has 138 valence electrons. The molecule has 1 amide bonds. The number of amides is 1. The fourth-order valence-electron chi connectivity index (χ4n) is 4.91. The van der Waals surface area contributed by atoms with Gasteiger partial charge in [-0.05, 0) is 82.7 Å². The van der Waals surface area contributed by atoms with Gasteiger partial charge in [0.2, 0.25) is 0 Å². The van der Waals surface area contributed by atoms with Gasteiger partial charge in [0.05, 0.1) is 5.56 Å². The molecule has 2 atom stereocenters. The van der Waals surface area contributed by atoms with Crippen molar-refractivity contribution in [3.63, 3.8) is 0 Å². The lowest BCUT2D eigenvalue weighted by atomic mass is 9.99. The van der Waals surface area contributed by atoms with Gasteiger partial charge in [0.1, 0.15) is 0 Å². The van der Waals surface area contributed by atoms with Gasteiger partial charge in [-0.25, -0.2) is 0 Å². The Kier molecular flexibility index (Phi) is 4.39. The Balaban J connectivity index is 1.58. The van der Waals surface area contributed by atoms with E-state index in [1.54, 1.807) is 0 Å². The number of hydrogen-bond acceptors (Lipinski definition) is 2. The summed E-state index contributed by atoms with van der Waals surface area (Å²) in [5.74, 6) is 0.0695. The van der Waals surface area contributed by atoms with E-state index in [2.05, 4.69) is 54.2 Å². The van der Waals surface area contributed by atoms with E-state index in [9.17, 15) is 4.79 Å². The van der Waals surface area contributed by atoms with Gasteiger partial charge in [-0.1, -0.05) is 6.07 Å². The van der Waals surface area contributed by atoms with Crippen molar-refractivity contribution < 1.29 is 4.79 Å². The van der Waals surface area contributed by atoms with Gasteiger partial charge >= 0.3 is 0 Å². The highest BCUT2D eigenvalue weighted by molar-refractivity contribution is 5.96. The molecule has 0 aliphatic carbocycles. The maximum atomic E-state index is 13.0. The molecule has 4 rings (SSSR count). The summed E-state index contributed by atoms with van der Waals surface area (Å²) < 4.78 is 2.20. The number of piperidine rings is 1. The molecule has 2 aliphatic heterocycles. The second-order valence-electron chi connectivity index (χ2n) is 8.25. The van der Waals surface area contributed by atoms with Crippen LogP contribution in [-0.2, 0) is 0 Å². The van der Waals surface area contributed by atoms with Gasteiger partial charge in [-0.2, -0.15) is 0 Å². The number of carbonyl (C=O) groups excluding carboxylic acids is 1. The molecule has 1 aromatic carbocycles. The molecule has 0 saturated carbocycles. The number of nitrogens with zero attached hydrogens (tertiary/aromatic N) is 1. The molecule has 2 bridgehead atoms. The molecule has 4 nitrogen and oxygen atoms in total. The number of benzene rings is 1. The van der Waals surface area contributed by atoms with Crippen LogP contribution in [0.25, 0.3) is 5.69 Å². The summed E-state index contributed by atoms with van der Waals surface area (Å²) in [6.45, 7) is 8.35. The van der Waals surface area contributed by atoms with E-state index in [1.165, 1.54) is 24.0 Å². The standard InChI is InChI=1S/C22H29N3O/c1-13-7-14(2)9-20(8-13)25-15(3)10-21(16(25)4)22(26)24-19-11-17-5-6-18(12-19)23-17/h7-10,17-19,23H,5-6,11-12H2,1-4H3,(H,24,26). The maximum absolute atomic E-state index is 13.0. The molecule has 0 radical (unpaired) electrons. The van der Waals surface area contributed by atoms with Crippen LogP contribution in [0.5, 0.6) is 0 Å². The molecule has 2 aromatic rings. The van der Waals surface area contributed by atoms with Crippen LogP contribution < -0.4 is 10.6 Å². The molecular weight excluding hydrogens is 322 g/mol. The highest BCUT2D eigenvalue weighted by Crippen LogP contribution is 2.28. The first-order valence-electron chi connectivity index (χ1n) is 9.75. The van der Waals surface area contributed by atoms with Gasteiger partial charge in [0, 0.05) is 35.2 Å². The zero-order valence-electron chi connectivity index (χ0n) is 16.2. The van der Waals surface area contributed by atoms with Gasteiger partial charge in [0.25, 0.3) is 5.91 Å². The van der Waals surface area contributed by atoms with E-state index in [4.69, 9.17) is 0 Å². The van der Waals surface area contributed by atoms with Crippen LogP contribution in [0.3, 0.4) is 0 Å². The van der Waals surface area contributed by atoms with Crippen LogP contribution in [0, 0.1) is 27.7 Å². The maximum Gasteiger partial charge on any atom is 0.253 e. The zero-order valence-corrected chi connectivity index (χ0v) is 16.2. The second-order valence-corrected chi connectivity index (χ2v) is 8.25. The molecule has 2 fully saturated rings. The van der Waals surface area contributed by atoms with Crippen LogP contribution in [0.2, 0.25) is 0 Å². The fourth-order valence-corrected chi connectivity index (χ4v) is 4.91. The van der Waals surface area contributed by atoms with E-state index in [0.29, 0.717) is 18.1 Å². The molecule has 4 heteroatoms. The fraction of sp³-hybridized carbons (Fsp3) is 0.500. The summed E-state index contributed by atoms with van der Waals surface area (Å²) in [6, 6.07) is 10.0. The number of rotatable bonds is 3. The third-order valence-electron chi connectivity index (χ3n) is 5.95. The van der Waals surface area contributed by atoms with Crippen molar-refractivity contribution in [2.24, 2.45) is 0 Å². The van der Waals surface area contributed by atoms with Crippen LogP contribution in [-0.4, -0.2) is 28.6 Å². The summed E-state index contributed by atoms with van der Waals surface area (Å²) in [5.41, 5.74) is 6.53. The quantitative estimate of drug-likeness (QED) is 0.885. The lowest BCUT2D eigenvalue weighted by Crippen LogP contribution is -2.48. The number of nitrogens with one attached hydrogen (secondary N) is 2. The van der Waals surface area contributed by atoms with E-state index in [-0.39, 0.29) is 5.91 Å². The minimum Gasteiger partial charge on any atom is -0.349 e. The van der Waals surface area contributed by atoms with Crippen molar-refractivity contribution in [3.8, 4) is 5.69 Å². The summed E-state index contributed by atoms with van der Waals surface area (Å²) in [5, 5.41) is 6.93. The first-order chi connectivity index (χ1) is 12.4. The summed E-state index contributed by atoms with van der Waals surface area (Å²) in [7, 11) is 0. The molecule has 2 aliphatic rings. The lowest BCUT2D eigenvalue weighted by molar-refractivity contribution is 0.0923. The minimum atomic E-state index is 0.0695. The molecule has 0 spiro atoms. The zero-order chi connectivity index (χ0) is 18.4. The molecular formula is C22H29N3O. The summed E-state index contributed by atoms with van der Waals surface area (Å²) in [6.07, 6.45) is 4.60. The normalized spacial score (nSPS) is 24.7. The molecule has 2 N–H and O–H groups in total. The van der Waals surface area contributed by atoms with Crippen LogP contribution in [0.15, 0.2) is 24.3 Å². The molecule has 1 aromatic heterocycles. The largest absolute Gasteiger partial charge is 0.349 e. The first-order valence-corrected chi connectivity index (χ1v) is 9.75. The third-order valence-corrected chi connectivity index (χ3v) is 5.95. The topological polar surface area (TPSA) is 46.1 Å². The Hall–Kier alpha value is -2.07. The number of fused-ring (bicyclic) bond motifs is 2. The van der Waals surface area contributed by atoms with Crippen molar-refractivity contribution in [3.05, 3.63) is 52.3 Å². The monoisotopic (exact) mass is 351 g/mol. The second kappa shape index (κ2) is 6.58. The van der Waals surface area contributed by atoms with Gasteiger partial charge in [0.15, 0.2) is 0 Å². The first kappa shape index (κ1) is 17.3. The number of aromatic nitrogens is 1. The SMILES string of the molecule is Cc1cc(C)cc(-n2c(C)cc(C(=O)NC3CC4CCC(C3)N4)c2C)c1. The molecule has 2 unspecified atom stereocenters. The van der Waals surface area contributed by atoms with Gasteiger partial charge < -0.3 is 15.2 Å². The minimum absolute atomic E-state index is 0.0695. The van der Waals surface area contributed by atoms with Crippen molar-refractivity contribution in [1.82, 2.24) is 15.2 Å². The number of aryl methyl sites for hydroxylation is 3. The highest BCUT2D eigenvalue weighted by Gasteiger charge is 2.34. The van der Waals surface area contributed by atoms with Gasteiger partial charge in [-0.15, -0.1) is 0 Å². The number of hydrogen-bond donors (Lipinski definition) is 2. The van der Waals surface area contributed by atoms with Gasteiger partial charge in [-0.3, -0.25) is 4.79 Å². The lowest BCUT2D eigenvalue weighted by Gasteiger charge is -2.29. The predicted molar refractivity (Wildman–Crippen MR) is 105 cm³/mol. The van der Waals surface area contributed by atoms with Crippen LogP contribution in [0.4, 0.5) is 0 Å². The van der Waals surface area contributed by atoms with Crippen molar-refractivity contribution in [1.29, 1.82) is 0 Å². The third kappa shape index (κ3) is 3.18. The Morgan fingerprint density at radius 3 is 2.23 bits per heavy atom. The average Bonchev–Trinajstić information content (AvgIpc) is 3.05. The highest BCUT2D eigenvalue weighted by atomic mass is 16.1. The summed E-state index contributed by atoms with van der Waals surface area (Å²) >= 11 is 0. The van der Waals surface area contributed by atoms with Crippen molar-refractivity contribution in [2.45, 2.75) is 71.5 Å². The van der Waals surface area contributed by atoms with E-state index in [0.717, 1.165) is 35.5 Å². The van der Waals surface area contributed by atoms with Crippen molar-refractivity contribution >= 4 is 5.91 Å². The molecule has 3 heterocycles. The Labute approximate surface area is 156 Å². The molecule has 26 heavy (non-hydrogen) atoms. The number of carbonyl (C=O) groups is 1. The average molecular weight is 351 g/mol. The summed E-state index contributed by atoms with van der Waals surface area (Å²) in [4.78, 5) is 13.0. The van der Waals surface area contributed by atoms with E-state index >= 15 is 0 Å². The van der Waals surface area contributed by atoms with Crippen LogP contribution >= 0.6 is 0 Å². The Morgan fingerprint density at radius 2 is 1.62 bits per heavy atom. The Morgan fingerprint density at radius 1 is 1.00 bits per heavy atom. The van der Waals surface area contributed by atoms with E-state index in [1.807, 2.05) is 13.0 Å². The Bertz CT molecular complexity index is 819. The smallest absolute Gasteiger partial charge is 0.253 e.